The Balaban J connectivity index is 2.30. The summed E-state index contributed by atoms with van der Waals surface area (Å²) in [5.41, 5.74) is 1.21. The van der Waals surface area contributed by atoms with Crippen molar-refractivity contribution in [2.45, 2.75) is 6.36 Å². The lowest BCUT2D eigenvalue weighted by molar-refractivity contribution is -0.274. The van der Waals surface area contributed by atoms with Gasteiger partial charge in [-0.25, -0.2) is 0 Å². The summed E-state index contributed by atoms with van der Waals surface area (Å²) < 4.78 is 40.3. The molecule has 1 heterocycles. The molecule has 96 valence electrons. The van der Waals surface area contributed by atoms with Gasteiger partial charge in [-0.05, 0) is 34.1 Å². The zero-order chi connectivity index (χ0) is 13.3. The van der Waals surface area contributed by atoms with E-state index in [-0.39, 0.29) is 10.2 Å². The Labute approximate surface area is 108 Å². The van der Waals surface area contributed by atoms with Crippen LogP contribution in [0.4, 0.5) is 13.2 Å². The summed E-state index contributed by atoms with van der Waals surface area (Å²) in [4.78, 5) is 1.36. The Kier molecular flexibility index (Phi) is 3.29. The number of aryl methyl sites for hydroxylation is 1. The zero-order valence-corrected chi connectivity index (χ0v) is 10.7. The van der Waals surface area contributed by atoms with Crippen molar-refractivity contribution in [1.82, 2.24) is 15.0 Å². The first-order chi connectivity index (χ1) is 8.35. The highest BCUT2D eigenvalue weighted by atomic mass is 79.9. The van der Waals surface area contributed by atoms with Crippen LogP contribution in [0.3, 0.4) is 0 Å². The number of hydrogen-bond donors (Lipinski definition) is 0. The summed E-state index contributed by atoms with van der Waals surface area (Å²) in [6.45, 7) is 0. The van der Waals surface area contributed by atoms with Gasteiger partial charge in [-0.2, -0.15) is 15.0 Å². The summed E-state index contributed by atoms with van der Waals surface area (Å²) in [5.74, 6) is -0.296. The number of aromatic nitrogens is 3. The van der Waals surface area contributed by atoms with Gasteiger partial charge in [0.15, 0.2) is 0 Å². The number of halogens is 4. The van der Waals surface area contributed by atoms with Gasteiger partial charge in [0.05, 0.1) is 10.7 Å². The quantitative estimate of drug-likeness (QED) is 0.853. The number of alkyl halides is 3. The Bertz CT molecular complexity index is 568. The number of ether oxygens (including phenoxy) is 1. The second-order valence-electron chi connectivity index (χ2n) is 3.41. The van der Waals surface area contributed by atoms with Gasteiger partial charge < -0.3 is 4.74 Å². The first kappa shape index (κ1) is 12.9. The van der Waals surface area contributed by atoms with E-state index in [1.807, 2.05) is 0 Å². The summed E-state index contributed by atoms with van der Waals surface area (Å²) in [7, 11) is 1.65. The first-order valence-corrected chi connectivity index (χ1v) is 5.56. The third kappa shape index (κ3) is 3.00. The van der Waals surface area contributed by atoms with E-state index in [9.17, 15) is 13.2 Å². The SMILES string of the molecule is Cn1ncc(-c2ccc(OC(F)(F)F)c(Br)c2)n1. The summed E-state index contributed by atoms with van der Waals surface area (Å²) in [6, 6.07) is 4.20. The van der Waals surface area contributed by atoms with Crippen LogP contribution in [-0.4, -0.2) is 21.4 Å². The van der Waals surface area contributed by atoms with Crippen LogP contribution in [0.25, 0.3) is 11.3 Å². The number of rotatable bonds is 2. The molecule has 0 amide bonds. The maximum atomic E-state index is 12.1. The van der Waals surface area contributed by atoms with E-state index in [2.05, 4.69) is 30.9 Å². The third-order valence-electron chi connectivity index (χ3n) is 2.05. The minimum absolute atomic E-state index is 0.197. The lowest BCUT2D eigenvalue weighted by atomic mass is 10.2. The molecule has 0 radical (unpaired) electrons. The predicted octanol–water partition coefficient (Wildman–Crippen LogP) is 3.14. The molecule has 0 N–H and O–H groups in total. The van der Waals surface area contributed by atoms with Crippen LogP contribution in [0, 0.1) is 0 Å². The maximum absolute atomic E-state index is 12.1. The highest BCUT2D eigenvalue weighted by molar-refractivity contribution is 9.10. The topological polar surface area (TPSA) is 39.9 Å². The molecule has 0 unspecified atom stereocenters. The van der Waals surface area contributed by atoms with Gasteiger partial charge >= 0.3 is 6.36 Å². The van der Waals surface area contributed by atoms with Gasteiger partial charge in [0.1, 0.15) is 11.4 Å². The number of hydrogen-bond acceptors (Lipinski definition) is 3. The molecule has 0 aliphatic carbocycles. The van der Waals surface area contributed by atoms with Crippen LogP contribution in [0.2, 0.25) is 0 Å². The van der Waals surface area contributed by atoms with E-state index in [4.69, 9.17) is 0 Å². The molecule has 2 aromatic rings. The van der Waals surface area contributed by atoms with Crippen LogP contribution in [-0.2, 0) is 7.05 Å². The largest absolute Gasteiger partial charge is 0.573 e. The maximum Gasteiger partial charge on any atom is 0.573 e. The van der Waals surface area contributed by atoms with Crippen LogP contribution in [0.5, 0.6) is 5.75 Å². The van der Waals surface area contributed by atoms with E-state index in [1.54, 1.807) is 7.05 Å². The van der Waals surface area contributed by atoms with Crippen molar-refractivity contribution in [3.05, 3.63) is 28.9 Å². The zero-order valence-electron chi connectivity index (χ0n) is 9.07. The smallest absolute Gasteiger partial charge is 0.405 e. The van der Waals surface area contributed by atoms with E-state index >= 15 is 0 Å². The van der Waals surface area contributed by atoms with Crippen molar-refractivity contribution in [1.29, 1.82) is 0 Å². The van der Waals surface area contributed by atoms with E-state index in [1.165, 1.54) is 29.2 Å². The minimum atomic E-state index is -4.71. The fraction of sp³-hybridized carbons (Fsp3) is 0.200. The Morgan fingerprint density at radius 2 is 2.06 bits per heavy atom. The Morgan fingerprint density at radius 3 is 2.56 bits per heavy atom. The second-order valence-corrected chi connectivity index (χ2v) is 4.27. The Morgan fingerprint density at radius 1 is 1.33 bits per heavy atom. The molecular weight excluding hydrogens is 315 g/mol. The van der Waals surface area contributed by atoms with Gasteiger partial charge in [-0.15, -0.1) is 13.2 Å². The van der Waals surface area contributed by atoms with Gasteiger partial charge in [0, 0.05) is 12.6 Å². The summed E-state index contributed by atoms with van der Waals surface area (Å²) in [5, 5.41) is 7.93. The fourth-order valence-electron chi connectivity index (χ4n) is 1.35. The molecule has 1 aromatic heterocycles. The summed E-state index contributed by atoms with van der Waals surface area (Å²) in [6.07, 6.45) is -3.19. The third-order valence-corrected chi connectivity index (χ3v) is 2.67. The molecule has 8 heteroatoms. The first-order valence-electron chi connectivity index (χ1n) is 4.77. The van der Waals surface area contributed by atoms with Crippen LogP contribution < -0.4 is 4.74 Å². The average Bonchev–Trinajstić information content (AvgIpc) is 2.66. The summed E-state index contributed by atoms with van der Waals surface area (Å²) >= 11 is 3.02. The molecule has 4 nitrogen and oxygen atoms in total. The number of benzene rings is 1. The van der Waals surface area contributed by atoms with Crippen LogP contribution >= 0.6 is 15.9 Å². The van der Waals surface area contributed by atoms with Gasteiger partial charge in [-0.3, -0.25) is 0 Å². The average molecular weight is 322 g/mol. The predicted molar refractivity (Wildman–Crippen MR) is 60.8 cm³/mol. The van der Waals surface area contributed by atoms with Crippen LogP contribution in [0.1, 0.15) is 0 Å². The van der Waals surface area contributed by atoms with Crippen molar-refractivity contribution >= 4 is 15.9 Å². The van der Waals surface area contributed by atoms with Crippen molar-refractivity contribution in [2.75, 3.05) is 0 Å². The van der Waals surface area contributed by atoms with E-state index < -0.39 is 6.36 Å². The van der Waals surface area contributed by atoms with Gasteiger partial charge in [-0.1, -0.05) is 0 Å². The molecule has 2 rings (SSSR count). The molecule has 0 saturated carbocycles. The van der Waals surface area contributed by atoms with Gasteiger partial charge in [0.2, 0.25) is 0 Å². The monoisotopic (exact) mass is 321 g/mol. The fourth-order valence-corrected chi connectivity index (χ4v) is 1.81. The standard InChI is InChI=1S/C10H7BrF3N3O/c1-17-15-5-8(16-17)6-2-3-9(7(11)4-6)18-10(12,13)14/h2-5H,1H3. The molecular formula is C10H7BrF3N3O. The second kappa shape index (κ2) is 4.60. The highest BCUT2D eigenvalue weighted by Crippen LogP contribution is 2.33. The lowest BCUT2D eigenvalue weighted by Gasteiger charge is -2.10. The van der Waals surface area contributed by atoms with Gasteiger partial charge in [0.25, 0.3) is 0 Å². The normalized spacial score (nSPS) is 11.6. The molecule has 0 saturated heterocycles. The minimum Gasteiger partial charge on any atom is -0.405 e. The van der Waals surface area contributed by atoms with Crippen molar-refractivity contribution in [2.24, 2.45) is 7.05 Å². The molecule has 0 bridgehead atoms. The van der Waals surface area contributed by atoms with Crippen molar-refractivity contribution < 1.29 is 17.9 Å². The van der Waals surface area contributed by atoms with Crippen molar-refractivity contribution in [3.8, 4) is 17.0 Å². The lowest BCUT2D eigenvalue weighted by Crippen LogP contribution is -2.17. The van der Waals surface area contributed by atoms with Crippen LogP contribution in [0.15, 0.2) is 28.9 Å². The molecule has 18 heavy (non-hydrogen) atoms. The molecule has 0 spiro atoms. The molecule has 0 fully saturated rings. The number of nitrogens with zero attached hydrogens (tertiary/aromatic N) is 3. The molecule has 0 atom stereocenters. The Hall–Kier alpha value is -1.57. The van der Waals surface area contributed by atoms with E-state index in [0.717, 1.165) is 0 Å². The van der Waals surface area contributed by atoms with E-state index in [0.29, 0.717) is 11.3 Å². The molecule has 1 aromatic carbocycles. The van der Waals surface area contributed by atoms with Crippen molar-refractivity contribution in [3.63, 3.8) is 0 Å². The highest BCUT2D eigenvalue weighted by Gasteiger charge is 2.32. The molecule has 0 aliphatic heterocycles. The molecule has 0 aliphatic rings.